The first-order chi connectivity index (χ1) is 5.52. The fraction of sp³-hybridized carbons (Fsp3) is 1.00. The third-order valence-corrected chi connectivity index (χ3v) is 2.67. The van der Waals surface area contributed by atoms with Gasteiger partial charge >= 0.3 is 0 Å². The highest BCUT2D eigenvalue weighted by atomic mass is 19.3. The van der Waals surface area contributed by atoms with Crippen molar-refractivity contribution in [2.75, 3.05) is 13.3 Å². The summed E-state index contributed by atoms with van der Waals surface area (Å²) in [6.45, 7) is -2.78. The van der Waals surface area contributed by atoms with Crippen molar-refractivity contribution in [3.63, 3.8) is 0 Å². The van der Waals surface area contributed by atoms with Gasteiger partial charge in [0.25, 0.3) is 6.43 Å². The number of rotatable bonds is 4. The molecular weight excluding hydrogens is 174 g/mol. The van der Waals surface area contributed by atoms with Crippen molar-refractivity contribution < 1.29 is 17.6 Å². The van der Waals surface area contributed by atoms with Gasteiger partial charge in [0.05, 0.1) is 0 Å². The number of halogens is 4. The Hall–Kier alpha value is -0.320. The Kier molecular flexibility index (Phi) is 2.33. The summed E-state index contributed by atoms with van der Waals surface area (Å²) in [7, 11) is 0. The molecule has 0 amide bonds. The highest BCUT2D eigenvalue weighted by Gasteiger charge is 2.62. The largest absolute Gasteiger partial charge is 0.324 e. The Morgan fingerprint density at radius 3 is 1.75 bits per heavy atom. The van der Waals surface area contributed by atoms with E-state index in [4.69, 9.17) is 5.73 Å². The van der Waals surface area contributed by atoms with Crippen molar-refractivity contribution in [3.8, 4) is 0 Å². The zero-order valence-corrected chi connectivity index (χ0v) is 6.49. The third kappa shape index (κ3) is 1.11. The van der Waals surface area contributed by atoms with Crippen molar-refractivity contribution >= 4 is 0 Å². The van der Waals surface area contributed by atoms with Crippen LogP contribution in [0.1, 0.15) is 12.8 Å². The smallest absolute Gasteiger partial charge is 0.250 e. The molecule has 0 aromatic carbocycles. The summed E-state index contributed by atoms with van der Waals surface area (Å²) < 4.78 is 49.3. The monoisotopic (exact) mass is 185 g/mol. The molecule has 72 valence electrons. The van der Waals surface area contributed by atoms with Gasteiger partial charge in [0, 0.05) is 5.54 Å². The Morgan fingerprint density at radius 2 is 1.67 bits per heavy atom. The van der Waals surface area contributed by atoms with E-state index < -0.39 is 30.7 Å². The molecule has 1 aliphatic rings. The SMILES string of the molecule is NC1(C(CF)(CF)C(F)F)CC1. The standard InChI is InChI=1S/C7H11F4N/c8-3-6(4-9,5(10)11)7(12)1-2-7/h5H,1-4,12H2. The summed E-state index contributed by atoms with van der Waals surface area (Å²) in [4.78, 5) is 0. The van der Waals surface area contributed by atoms with Crippen molar-refractivity contribution in [2.24, 2.45) is 11.1 Å². The quantitative estimate of drug-likeness (QED) is 0.662. The first kappa shape index (κ1) is 9.77. The molecule has 1 aliphatic carbocycles. The van der Waals surface area contributed by atoms with Crippen LogP contribution in [0.4, 0.5) is 17.6 Å². The van der Waals surface area contributed by atoms with Gasteiger partial charge in [-0.2, -0.15) is 0 Å². The maximum Gasteiger partial charge on any atom is 0.250 e. The summed E-state index contributed by atoms with van der Waals surface area (Å²) in [5, 5.41) is 0. The predicted octanol–water partition coefficient (Wildman–Crippen LogP) is 1.67. The van der Waals surface area contributed by atoms with E-state index in [0.717, 1.165) is 0 Å². The lowest BCUT2D eigenvalue weighted by Gasteiger charge is -2.33. The van der Waals surface area contributed by atoms with Gasteiger partial charge in [-0.25, -0.2) is 8.78 Å². The molecule has 0 radical (unpaired) electrons. The van der Waals surface area contributed by atoms with E-state index in [1.54, 1.807) is 0 Å². The van der Waals surface area contributed by atoms with E-state index in [1.807, 2.05) is 0 Å². The molecule has 0 atom stereocenters. The van der Waals surface area contributed by atoms with Gasteiger partial charge in [-0.05, 0) is 12.8 Å². The van der Waals surface area contributed by atoms with Crippen LogP contribution in [0.5, 0.6) is 0 Å². The molecule has 2 N–H and O–H groups in total. The number of alkyl halides is 4. The molecule has 5 heteroatoms. The number of hydrogen-bond donors (Lipinski definition) is 1. The maximum atomic E-state index is 12.3. The average molecular weight is 185 g/mol. The van der Waals surface area contributed by atoms with Crippen LogP contribution in [-0.2, 0) is 0 Å². The topological polar surface area (TPSA) is 26.0 Å². The lowest BCUT2D eigenvalue weighted by molar-refractivity contribution is -0.0611. The molecule has 0 aromatic heterocycles. The molecule has 0 bridgehead atoms. The van der Waals surface area contributed by atoms with E-state index in [2.05, 4.69) is 0 Å². The lowest BCUT2D eigenvalue weighted by Crippen LogP contribution is -2.52. The van der Waals surface area contributed by atoms with E-state index in [0.29, 0.717) is 0 Å². The van der Waals surface area contributed by atoms with Crippen molar-refractivity contribution in [1.82, 2.24) is 0 Å². The third-order valence-electron chi connectivity index (χ3n) is 2.67. The second-order valence-electron chi connectivity index (χ2n) is 3.38. The second kappa shape index (κ2) is 2.87. The minimum atomic E-state index is -3.03. The number of hydrogen-bond acceptors (Lipinski definition) is 1. The predicted molar refractivity (Wildman–Crippen MR) is 36.5 cm³/mol. The van der Waals surface area contributed by atoms with Gasteiger partial charge in [-0.3, -0.25) is 8.78 Å². The molecule has 1 rings (SSSR count). The Labute approximate surface area is 67.9 Å². The Morgan fingerprint density at radius 1 is 1.25 bits per heavy atom. The summed E-state index contributed by atoms with van der Waals surface area (Å²) in [6, 6.07) is 0. The van der Waals surface area contributed by atoms with Crippen LogP contribution in [-0.4, -0.2) is 25.3 Å². The summed E-state index contributed by atoms with van der Waals surface area (Å²) in [5.74, 6) is 0. The normalized spacial score (nSPS) is 21.5. The van der Waals surface area contributed by atoms with Gasteiger partial charge < -0.3 is 5.73 Å². The van der Waals surface area contributed by atoms with Gasteiger partial charge in [-0.1, -0.05) is 0 Å². The van der Waals surface area contributed by atoms with Crippen LogP contribution in [0, 0.1) is 5.41 Å². The summed E-state index contributed by atoms with van der Waals surface area (Å²) in [6.07, 6.45) is -2.46. The van der Waals surface area contributed by atoms with E-state index in [-0.39, 0.29) is 12.8 Å². The van der Waals surface area contributed by atoms with Crippen molar-refractivity contribution in [1.29, 1.82) is 0 Å². The maximum absolute atomic E-state index is 12.3. The summed E-state index contributed by atoms with van der Waals surface area (Å²) >= 11 is 0. The fourth-order valence-corrected chi connectivity index (χ4v) is 1.27. The second-order valence-corrected chi connectivity index (χ2v) is 3.38. The molecule has 0 spiro atoms. The fourth-order valence-electron chi connectivity index (χ4n) is 1.27. The lowest BCUT2D eigenvalue weighted by atomic mass is 9.81. The molecule has 1 fully saturated rings. The minimum Gasteiger partial charge on any atom is -0.324 e. The van der Waals surface area contributed by atoms with Crippen LogP contribution >= 0.6 is 0 Å². The molecule has 1 saturated carbocycles. The molecule has 0 heterocycles. The zero-order valence-electron chi connectivity index (χ0n) is 6.49. The first-order valence-corrected chi connectivity index (χ1v) is 3.71. The van der Waals surface area contributed by atoms with E-state index >= 15 is 0 Å². The van der Waals surface area contributed by atoms with Crippen LogP contribution in [0.3, 0.4) is 0 Å². The van der Waals surface area contributed by atoms with Gasteiger partial charge in [-0.15, -0.1) is 0 Å². The van der Waals surface area contributed by atoms with Gasteiger partial charge in [0.2, 0.25) is 0 Å². The van der Waals surface area contributed by atoms with Gasteiger partial charge in [0.1, 0.15) is 18.8 Å². The highest BCUT2D eigenvalue weighted by molar-refractivity contribution is 5.13. The Bertz CT molecular complexity index is 163. The van der Waals surface area contributed by atoms with Crippen LogP contribution in [0.2, 0.25) is 0 Å². The summed E-state index contributed by atoms with van der Waals surface area (Å²) in [5.41, 5.74) is 1.82. The molecule has 0 saturated heterocycles. The molecule has 1 nitrogen and oxygen atoms in total. The Balaban J connectivity index is 2.84. The van der Waals surface area contributed by atoms with E-state index in [1.165, 1.54) is 0 Å². The van der Waals surface area contributed by atoms with Crippen LogP contribution in [0.25, 0.3) is 0 Å². The molecule has 0 unspecified atom stereocenters. The van der Waals surface area contributed by atoms with Gasteiger partial charge in [0.15, 0.2) is 0 Å². The van der Waals surface area contributed by atoms with Crippen LogP contribution < -0.4 is 5.73 Å². The zero-order chi connectivity index (χ0) is 9.41. The van der Waals surface area contributed by atoms with Crippen LogP contribution in [0.15, 0.2) is 0 Å². The molecule has 0 aliphatic heterocycles. The molecule has 0 aromatic rings. The highest BCUT2D eigenvalue weighted by Crippen LogP contribution is 2.51. The molecular formula is C7H11F4N. The average Bonchev–Trinajstić information content (AvgIpc) is 2.72. The molecule has 12 heavy (non-hydrogen) atoms. The van der Waals surface area contributed by atoms with Crippen molar-refractivity contribution in [3.05, 3.63) is 0 Å². The van der Waals surface area contributed by atoms with Crippen molar-refractivity contribution in [2.45, 2.75) is 24.8 Å². The number of nitrogens with two attached hydrogens (primary N) is 1. The minimum absolute atomic E-state index is 0.283. The first-order valence-electron chi connectivity index (χ1n) is 3.71. The van der Waals surface area contributed by atoms with E-state index in [9.17, 15) is 17.6 Å².